The van der Waals surface area contributed by atoms with Crippen molar-refractivity contribution >= 4 is 27.5 Å². The van der Waals surface area contributed by atoms with E-state index in [1.807, 2.05) is 17.0 Å². The minimum Gasteiger partial charge on any atom is -0.431 e. The van der Waals surface area contributed by atoms with Crippen LogP contribution in [0.15, 0.2) is 42.5 Å². The fraction of sp³-hybridized carbons (Fsp3) is 0.333. The summed E-state index contributed by atoms with van der Waals surface area (Å²) >= 11 is 1.40. The number of halogens is 1. The molecule has 0 aliphatic carbocycles. The first kappa shape index (κ1) is 17.6. The van der Waals surface area contributed by atoms with Gasteiger partial charge in [-0.3, -0.25) is 9.69 Å². The van der Waals surface area contributed by atoms with E-state index < -0.39 is 0 Å². The monoisotopic (exact) mass is 397 g/mol. The third kappa shape index (κ3) is 3.25. The number of piperazine rings is 1. The number of carbonyl (C=O) groups excluding carboxylic acids is 1. The minimum absolute atomic E-state index is 0.186. The van der Waals surface area contributed by atoms with Gasteiger partial charge in [-0.1, -0.05) is 23.5 Å². The fourth-order valence-electron chi connectivity index (χ4n) is 4.25. The molecule has 0 spiro atoms. The van der Waals surface area contributed by atoms with E-state index in [2.05, 4.69) is 22.0 Å². The summed E-state index contributed by atoms with van der Waals surface area (Å²) in [6, 6.07) is 13.4. The Balaban J connectivity index is 1.23. The lowest BCUT2D eigenvalue weighted by Crippen LogP contribution is -2.47. The molecule has 144 valence electrons. The van der Waals surface area contributed by atoms with Crippen LogP contribution in [-0.4, -0.2) is 45.9 Å². The number of hydrogen-bond acceptors (Lipinski definition) is 5. The highest BCUT2D eigenvalue weighted by Crippen LogP contribution is 2.33. The van der Waals surface area contributed by atoms with Crippen molar-refractivity contribution in [2.45, 2.75) is 32.0 Å². The van der Waals surface area contributed by atoms with Crippen molar-refractivity contribution in [2.24, 2.45) is 0 Å². The Labute approximate surface area is 166 Å². The summed E-state index contributed by atoms with van der Waals surface area (Å²) in [5.74, 6) is 0.607. The van der Waals surface area contributed by atoms with E-state index >= 15 is 0 Å². The van der Waals surface area contributed by atoms with E-state index in [0.29, 0.717) is 28.5 Å². The molecule has 3 aromatic rings. The van der Waals surface area contributed by atoms with Gasteiger partial charge in [0.15, 0.2) is 0 Å². The molecule has 2 aliphatic heterocycles. The number of benzene rings is 2. The SMILES string of the molecule is CC(=O)N1CC2CC1CN2Cc1ccc(Oc2nc3cc(F)ccc3s2)cc1. The van der Waals surface area contributed by atoms with Gasteiger partial charge in [-0.15, -0.1) is 0 Å². The first-order valence-corrected chi connectivity index (χ1v) is 10.2. The standard InChI is InChI=1S/C21H20FN3O2S/c1-13(26)25-12-16-9-17(25)11-24(16)10-14-2-5-18(6-3-14)27-21-23-19-8-15(22)4-7-20(19)28-21/h2-8,16-17H,9-12H2,1H3. The largest absolute Gasteiger partial charge is 0.431 e. The molecule has 2 saturated heterocycles. The molecule has 2 aliphatic rings. The van der Waals surface area contributed by atoms with Gasteiger partial charge in [0.2, 0.25) is 5.91 Å². The lowest BCUT2D eigenvalue weighted by molar-refractivity contribution is -0.131. The second-order valence-electron chi connectivity index (χ2n) is 7.48. The van der Waals surface area contributed by atoms with Crippen LogP contribution in [0.4, 0.5) is 4.39 Å². The number of carbonyl (C=O) groups is 1. The highest BCUT2D eigenvalue weighted by Gasteiger charge is 2.43. The molecular weight excluding hydrogens is 377 g/mol. The topological polar surface area (TPSA) is 45.7 Å². The molecule has 1 amide bonds. The lowest BCUT2D eigenvalue weighted by atomic mass is 10.2. The maximum absolute atomic E-state index is 13.3. The van der Waals surface area contributed by atoms with E-state index in [9.17, 15) is 9.18 Å². The maximum Gasteiger partial charge on any atom is 0.279 e. The van der Waals surface area contributed by atoms with E-state index in [-0.39, 0.29) is 11.7 Å². The first-order valence-electron chi connectivity index (χ1n) is 9.39. The Morgan fingerprint density at radius 3 is 2.75 bits per heavy atom. The van der Waals surface area contributed by atoms with E-state index in [0.717, 1.165) is 30.8 Å². The van der Waals surface area contributed by atoms with Crippen LogP contribution in [0.25, 0.3) is 10.2 Å². The summed E-state index contributed by atoms with van der Waals surface area (Å²) in [4.78, 5) is 20.4. The van der Waals surface area contributed by atoms with Crippen molar-refractivity contribution in [1.29, 1.82) is 0 Å². The summed E-state index contributed by atoms with van der Waals surface area (Å²) in [5, 5.41) is 0.509. The molecule has 2 unspecified atom stereocenters. The lowest BCUT2D eigenvalue weighted by Gasteiger charge is -2.33. The summed E-state index contributed by atoms with van der Waals surface area (Å²) in [7, 11) is 0. The number of fused-ring (bicyclic) bond motifs is 3. The van der Waals surface area contributed by atoms with E-state index in [1.165, 1.54) is 29.0 Å². The van der Waals surface area contributed by atoms with E-state index in [1.54, 1.807) is 13.0 Å². The Morgan fingerprint density at radius 1 is 1.21 bits per heavy atom. The number of nitrogens with zero attached hydrogens (tertiary/aromatic N) is 3. The molecule has 0 saturated carbocycles. The molecule has 2 aromatic carbocycles. The zero-order chi connectivity index (χ0) is 19.3. The Bertz CT molecular complexity index is 1040. The summed E-state index contributed by atoms with van der Waals surface area (Å²) in [5.41, 5.74) is 1.83. The number of amides is 1. The number of likely N-dealkylation sites (tertiary alicyclic amines) is 2. The molecule has 5 rings (SSSR count). The van der Waals surface area contributed by atoms with Gasteiger partial charge in [0, 0.05) is 44.7 Å². The van der Waals surface area contributed by atoms with Gasteiger partial charge in [-0.2, -0.15) is 0 Å². The third-order valence-electron chi connectivity index (χ3n) is 5.60. The summed E-state index contributed by atoms with van der Waals surface area (Å²) in [6.07, 6.45) is 1.08. The van der Waals surface area contributed by atoms with Gasteiger partial charge in [0.1, 0.15) is 11.6 Å². The van der Waals surface area contributed by atoms with Crippen molar-refractivity contribution < 1.29 is 13.9 Å². The van der Waals surface area contributed by atoms with Crippen LogP contribution in [-0.2, 0) is 11.3 Å². The van der Waals surface area contributed by atoms with Crippen LogP contribution in [0.5, 0.6) is 10.9 Å². The molecule has 2 fully saturated rings. The molecule has 0 radical (unpaired) electrons. The van der Waals surface area contributed by atoms with Crippen molar-refractivity contribution in [2.75, 3.05) is 13.1 Å². The number of hydrogen-bond donors (Lipinski definition) is 0. The van der Waals surface area contributed by atoms with Crippen molar-refractivity contribution in [3.63, 3.8) is 0 Å². The van der Waals surface area contributed by atoms with Gasteiger partial charge in [-0.05, 0) is 36.2 Å². The van der Waals surface area contributed by atoms with Crippen molar-refractivity contribution in [3.05, 3.63) is 53.8 Å². The Morgan fingerprint density at radius 2 is 2.04 bits per heavy atom. The van der Waals surface area contributed by atoms with Crippen molar-refractivity contribution in [3.8, 4) is 10.9 Å². The first-order chi connectivity index (χ1) is 13.5. The summed E-state index contributed by atoms with van der Waals surface area (Å²) in [6.45, 7) is 4.34. The normalized spacial score (nSPS) is 21.6. The van der Waals surface area contributed by atoms with Crippen LogP contribution >= 0.6 is 11.3 Å². The third-order valence-corrected chi connectivity index (χ3v) is 6.52. The van der Waals surface area contributed by atoms with Gasteiger partial charge in [-0.25, -0.2) is 9.37 Å². The zero-order valence-electron chi connectivity index (χ0n) is 15.5. The van der Waals surface area contributed by atoms with Gasteiger partial charge < -0.3 is 9.64 Å². The maximum atomic E-state index is 13.3. The average molecular weight is 397 g/mol. The highest BCUT2D eigenvalue weighted by atomic mass is 32.1. The molecule has 3 heterocycles. The zero-order valence-corrected chi connectivity index (χ0v) is 16.3. The van der Waals surface area contributed by atoms with Crippen molar-refractivity contribution in [1.82, 2.24) is 14.8 Å². The minimum atomic E-state index is -0.296. The molecule has 28 heavy (non-hydrogen) atoms. The Hall–Kier alpha value is -2.51. The number of ether oxygens (including phenoxy) is 1. The number of rotatable bonds is 4. The van der Waals surface area contributed by atoms with Gasteiger partial charge >= 0.3 is 0 Å². The molecular formula is C21H20FN3O2S. The van der Waals surface area contributed by atoms with Gasteiger partial charge in [0.05, 0.1) is 10.2 Å². The Kier molecular flexibility index (Phi) is 4.29. The molecule has 5 nitrogen and oxygen atoms in total. The van der Waals surface area contributed by atoms with Crippen LogP contribution < -0.4 is 4.74 Å². The van der Waals surface area contributed by atoms with Crippen LogP contribution in [0, 0.1) is 5.82 Å². The second-order valence-corrected chi connectivity index (χ2v) is 8.48. The average Bonchev–Trinajstić information content (AvgIpc) is 3.36. The van der Waals surface area contributed by atoms with Gasteiger partial charge in [0.25, 0.3) is 5.19 Å². The smallest absolute Gasteiger partial charge is 0.279 e. The van der Waals surface area contributed by atoms with E-state index in [4.69, 9.17) is 4.74 Å². The number of aromatic nitrogens is 1. The molecule has 1 aromatic heterocycles. The molecule has 2 bridgehead atoms. The molecule has 0 N–H and O–H groups in total. The second kappa shape index (κ2) is 6.83. The molecule has 2 atom stereocenters. The van der Waals surface area contributed by atoms with Crippen LogP contribution in [0.1, 0.15) is 18.9 Å². The highest BCUT2D eigenvalue weighted by molar-refractivity contribution is 7.20. The predicted octanol–water partition coefficient (Wildman–Crippen LogP) is 4.03. The predicted molar refractivity (Wildman–Crippen MR) is 106 cm³/mol. The molecule has 7 heteroatoms. The fourth-order valence-corrected chi connectivity index (χ4v) is 5.07. The van der Waals surface area contributed by atoms with Crippen LogP contribution in [0.3, 0.4) is 0 Å². The quantitative estimate of drug-likeness (QED) is 0.667. The summed E-state index contributed by atoms with van der Waals surface area (Å²) < 4.78 is 20.0. The number of thiazole rings is 1. The van der Waals surface area contributed by atoms with Crippen LogP contribution in [0.2, 0.25) is 0 Å².